The maximum atomic E-state index is 5.29. The van der Waals surface area contributed by atoms with Crippen LogP contribution < -0.4 is 5.32 Å². The van der Waals surface area contributed by atoms with E-state index in [1.165, 1.54) is 38.5 Å². The Kier molecular flexibility index (Phi) is 3.70. The molecule has 0 aromatic rings. The molecule has 0 radical (unpaired) electrons. The third-order valence-corrected chi connectivity index (χ3v) is 4.39. The molecular formula is C14H23N. The van der Waals surface area contributed by atoms with E-state index in [0.717, 1.165) is 30.2 Å². The number of hydrogen-bond donors (Lipinski definition) is 1. The zero-order chi connectivity index (χ0) is 10.7. The predicted octanol–water partition coefficient (Wildman–Crippen LogP) is 2.81. The van der Waals surface area contributed by atoms with Crippen molar-refractivity contribution in [3.05, 3.63) is 0 Å². The summed E-state index contributed by atoms with van der Waals surface area (Å²) < 4.78 is 0. The van der Waals surface area contributed by atoms with E-state index in [1.807, 2.05) is 0 Å². The van der Waals surface area contributed by atoms with E-state index in [4.69, 9.17) is 6.42 Å². The third kappa shape index (κ3) is 2.37. The predicted molar refractivity (Wildman–Crippen MR) is 64.5 cm³/mol. The molecular weight excluding hydrogens is 182 g/mol. The van der Waals surface area contributed by atoms with Crippen LogP contribution in [0.4, 0.5) is 0 Å². The van der Waals surface area contributed by atoms with Gasteiger partial charge in [-0.15, -0.1) is 12.3 Å². The molecule has 1 nitrogen and oxygen atoms in total. The normalized spacial score (nSPS) is 35.3. The molecule has 1 heteroatoms. The summed E-state index contributed by atoms with van der Waals surface area (Å²) >= 11 is 0. The van der Waals surface area contributed by atoms with E-state index in [1.54, 1.807) is 0 Å². The van der Waals surface area contributed by atoms with E-state index in [-0.39, 0.29) is 0 Å². The summed E-state index contributed by atoms with van der Waals surface area (Å²) in [5.41, 5.74) is 0. The van der Waals surface area contributed by atoms with Crippen LogP contribution in [0.2, 0.25) is 0 Å². The van der Waals surface area contributed by atoms with E-state index in [9.17, 15) is 0 Å². The number of fused-ring (bicyclic) bond motifs is 1. The Morgan fingerprint density at radius 1 is 1.33 bits per heavy atom. The van der Waals surface area contributed by atoms with Crippen LogP contribution in [0.5, 0.6) is 0 Å². The first-order valence-electron chi connectivity index (χ1n) is 6.49. The van der Waals surface area contributed by atoms with Crippen molar-refractivity contribution in [2.75, 3.05) is 7.05 Å². The van der Waals surface area contributed by atoms with E-state index < -0.39 is 0 Å². The molecule has 3 unspecified atom stereocenters. The van der Waals surface area contributed by atoms with Gasteiger partial charge in [-0.1, -0.05) is 12.8 Å². The SMILES string of the molecule is C#CCCCC(NC)C1C2CCCCC21. The van der Waals surface area contributed by atoms with Crippen molar-refractivity contribution in [1.82, 2.24) is 5.32 Å². The highest BCUT2D eigenvalue weighted by atomic mass is 14.9. The highest BCUT2D eigenvalue weighted by molar-refractivity contribution is 5.04. The molecule has 15 heavy (non-hydrogen) atoms. The fourth-order valence-corrected chi connectivity index (χ4v) is 3.60. The molecule has 84 valence electrons. The van der Waals surface area contributed by atoms with Crippen molar-refractivity contribution in [1.29, 1.82) is 0 Å². The minimum atomic E-state index is 0.742. The molecule has 0 aromatic carbocycles. The van der Waals surface area contributed by atoms with Crippen molar-refractivity contribution in [3.63, 3.8) is 0 Å². The lowest BCUT2D eigenvalue weighted by Crippen LogP contribution is -2.28. The van der Waals surface area contributed by atoms with Crippen molar-refractivity contribution in [2.45, 2.75) is 51.0 Å². The topological polar surface area (TPSA) is 12.0 Å². The average Bonchev–Trinajstić information content (AvgIpc) is 2.99. The first-order chi connectivity index (χ1) is 7.38. The van der Waals surface area contributed by atoms with Crippen LogP contribution in [-0.4, -0.2) is 13.1 Å². The lowest BCUT2D eigenvalue weighted by Gasteiger charge is -2.15. The van der Waals surface area contributed by atoms with Crippen LogP contribution in [0, 0.1) is 30.1 Å². The molecule has 1 N–H and O–H groups in total. The van der Waals surface area contributed by atoms with Gasteiger partial charge in [0.2, 0.25) is 0 Å². The van der Waals surface area contributed by atoms with E-state index in [2.05, 4.69) is 18.3 Å². The molecule has 0 aliphatic heterocycles. The highest BCUT2D eigenvalue weighted by Crippen LogP contribution is 2.57. The van der Waals surface area contributed by atoms with Gasteiger partial charge >= 0.3 is 0 Å². The summed E-state index contributed by atoms with van der Waals surface area (Å²) in [6, 6.07) is 0.742. The Bertz CT molecular complexity index is 228. The Hall–Kier alpha value is -0.480. The van der Waals surface area contributed by atoms with Gasteiger partial charge < -0.3 is 5.32 Å². The van der Waals surface area contributed by atoms with Gasteiger partial charge in [-0.2, -0.15) is 0 Å². The largest absolute Gasteiger partial charge is 0.317 e. The molecule has 3 atom stereocenters. The molecule has 2 fully saturated rings. The first kappa shape index (κ1) is 11.0. The van der Waals surface area contributed by atoms with Gasteiger partial charge in [0.25, 0.3) is 0 Å². The number of hydrogen-bond acceptors (Lipinski definition) is 1. The standard InChI is InChI=1S/C14H23N/c1-3-4-5-10-13(15-2)14-11-8-6-7-9-12(11)14/h1,11-15H,4-10H2,2H3. The number of terminal acetylenes is 1. The number of unbranched alkanes of at least 4 members (excludes halogenated alkanes) is 1. The van der Waals surface area contributed by atoms with Gasteiger partial charge in [0.05, 0.1) is 0 Å². The van der Waals surface area contributed by atoms with Gasteiger partial charge in [0, 0.05) is 12.5 Å². The molecule has 2 aliphatic carbocycles. The van der Waals surface area contributed by atoms with Crippen LogP contribution >= 0.6 is 0 Å². The first-order valence-corrected chi connectivity index (χ1v) is 6.49. The molecule has 0 aromatic heterocycles. The molecule has 0 saturated heterocycles. The fourth-order valence-electron chi connectivity index (χ4n) is 3.60. The minimum Gasteiger partial charge on any atom is -0.317 e. The molecule has 0 amide bonds. The number of rotatable bonds is 5. The van der Waals surface area contributed by atoms with Gasteiger partial charge in [0.1, 0.15) is 0 Å². The van der Waals surface area contributed by atoms with Crippen molar-refractivity contribution in [3.8, 4) is 12.3 Å². The Morgan fingerprint density at radius 2 is 2.00 bits per heavy atom. The maximum Gasteiger partial charge on any atom is 0.00981 e. The van der Waals surface area contributed by atoms with Crippen LogP contribution in [0.15, 0.2) is 0 Å². The van der Waals surface area contributed by atoms with Gasteiger partial charge in [-0.25, -0.2) is 0 Å². The van der Waals surface area contributed by atoms with Crippen LogP contribution in [0.25, 0.3) is 0 Å². The van der Waals surface area contributed by atoms with Gasteiger partial charge in [-0.3, -0.25) is 0 Å². The zero-order valence-corrected chi connectivity index (χ0v) is 9.84. The fraction of sp³-hybridized carbons (Fsp3) is 0.857. The molecule has 2 rings (SSSR count). The Labute approximate surface area is 94.0 Å². The lowest BCUT2D eigenvalue weighted by atomic mass is 10.0. The summed E-state index contributed by atoms with van der Waals surface area (Å²) in [5.74, 6) is 5.84. The van der Waals surface area contributed by atoms with Crippen LogP contribution in [0.3, 0.4) is 0 Å². The molecule has 0 bridgehead atoms. The summed E-state index contributed by atoms with van der Waals surface area (Å²) in [6.07, 6.45) is 14.6. The van der Waals surface area contributed by atoms with Crippen molar-refractivity contribution in [2.24, 2.45) is 17.8 Å². The van der Waals surface area contributed by atoms with Gasteiger partial charge in [-0.05, 0) is 50.5 Å². The summed E-state index contributed by atoms with van der Waals surface area (Å²) in [5, 5.41) is 3.51. The summed E-state index contributed by atoms with van der Waals surface area (Å²) in [7, 11) is 2.12. The summed E-state index contributed by atoms with van der Waals surface area (Å²) in [6.45, 7) is 0. The second-order valence-corrected chi connectivity index (χ2v) is 5.18. The lowest BCUT2D eigenvalue weighted by molar-refractivity contribution is 0.426. The second kappa shape index (κ2) is 5.03. The molecule has 2 aliphatic rings. The van der Waals surface area contributed by atoms with Crippen molar-refractivity contribution >= 4 is 0 Å². The van der Waals surface area contributed by atoms with Crippen LogP contribution in [0.1, 0.15) is 44.9 Å². The minimum absolute atomic E-state index is 0.742. The molecule has 0 spiro atoms. The van der Waals surface area contributed by atoms with Crippen LogP contribution in [-0.2, 0) is 0 Å². The number of nitrogens with one attached hydrogen (secondary N) is 1. The Balaban J connectivity index is 1.78. The van der Waals surface area contributed by atoms with Gasteiger partial charge in [0.15, 0.2) is 0 Å². The third-order valence-electron chi connectivity index (χ3n) is 4.39. The molecule has 0 heterocycles. The van der Waals surface area contributed by atoms with Crippen molar-refractivity contribution < 1.29 is 0 Å². The van der Waals surface area contributed by atoms with E-state index in [0.29, 0.717) is 0 Å². The maximum absolute atomic E-state index is 5.29. The average molecular weight is 205 g/mol. The highest BCUT2D eigenvalue weighted by Gasteiger charge is 2.53. The quantitative estimate of drug-likeness (QED) is 0.537. The van der Waals surface area contributed by atoms with E-state index >= 15 is 0 Å². The monoisotopic (exact) mass is 205 g/mol. The smallest absolute Gasteiger partial charge is 0.00981 e. The second-order valence-electron chi connectivity index (χ2n) is 5.18. The Morgan fingerprint density at radius 3 is 2.53 bits per heavy atom. The zero-order valence-electron chi connectivity index (χ0n) is 9.84. The molecule has 2 saturated carbocycles. The summed E-state index contributed by atoms with van der Waals surface area (Å²) in [4.78, 5) is 0.